The van der Waals surface area contributed by atoms with Crippen molar-refractivity contribution >= 4 is 17.3 Å². The number of hydrogen-bond donors (Lipinski definition) is 2. The Hall–Kier alpha value is -2.70. The number of alkyl halides is 3. The van der Waals surface area contributed by atoms with Gasteiger partial charge in [0.15, 0.2) is 0 Å². The minimum absolute atomic E-state index is 0.0169. The third-order valence-corrected chi connectivity index (χ3v) is 5.45. The molecule has 0 spiro atoms. The topological polar surface area (TPSA) is 44.4 Å². The summed E-state index contributed by atoms with van der Waals surface area (Å²) >= 11 is 0. The molecule has 3 rings (SSSR count). The highest BCUT2D eigenvalue weighted by Gasteiger charge is 2.30. The van der Waals surface area contributed by atoms with Crippen molar-refractivity contribution in [2.45, 2.75) is 44.9 Å². The van der Waals surface area contributed by atoms with Crippen LogP contribution < -0.4 is 15.5 Å². The van der Waals surface area contributed by atoms with Gasteiger partial charge in [0.25, 0.3) is 0 Å². The average molecular weight is 419 g/mol. The first-order chi connectivity index (χ1) is 14.2. The molecule has 0 radical (unpaired) electrons. The van der Waals surface area contributed by atoms with Crippen molar-refractivity contribution in [3.63, 3.8) is 0 Å². The highest BCUT2D eigenvalue weighted by Crippen LogP contribution is 2.30. The number of piperidine rings is 1. The molecule has 1 aliphatic heterocycles. The van der Waals surface area contributed by atoms with Crippen molar-refractivity contribution in [3.05, 3.63) is 60.2 Å². The predicted molar refractivity (Wildman–Crippen MR) is 114 cm³/mol. The molecule has 1 heterocycles. The molecular weight excluding hydrogens is 391 g/mol. The van der Waals surface area contributed by atoms with Crippen LogP contribution in [0.15, 0.2) is 54.6 Å². The molecule has 7 heteroatoms. The molecule has 1 saturated heterocycles. The molecule has 30 heavy (non-hydrogen) atoms. The molecule has 0 aliphatic carbocycles. The van der Waals surface area contributed by atoms with E-state index < -0.39 is 17.8 Å². The average Bonchev–Trinajstić information content (AvgIpc) is 2.72. The lowest BCUT2D eigenvalue weighted by molar-refractivity contribution is -0.137. The summed E-state index contributed by atoms with van der Waals surface area (Å²) in [6, 6.07) is 14.5. The van der Waals surface area contributed by atoms with E-state index in [4.69, 9.17) is 0 Å². The second kappa shape index (κ2) is 9.41. The monoisotopic (exact) mass is 419 g/mol. The van der Waals surface area contributed by atoms with E-state index in [-0.39, 0.29) is 17.9 Å². The van der Waals surface area contributed by atoms with Crippen LogP contribution in [-0.4, -0.2) is 31.1 Å². The zero-order valence-electron chi connectivity index (χ0n) is 17.2. The Balaban J connectivity index is 1.56. The fourth-order valence-electron chi connectivity index (χ4n) is 3.68. The van der Waals surface area contributed by atoms with Gasteiger partial charge in [-0.25, -0.2) is 0 Å². The molecule has 1 fully saturated rings. The van der Waals surface area contributed by atoms with Gasteiger partial charge in [0.05, 0.1) is 5.56 Å². The van der Waals surface area contributed by atoms with E-state index in [2.05, 4.69) is 27.7 Å². The summed E-state index contributed by atoms with van der Waals surface area (Å²) in [4.78, 5) is 15.2. The van der Waals surface area contributed by atoms with Gasteiger partial charge in [0.2, 0.25) is 5.91 Å². The maximum absolute atomic E-state index is 12.9. The fraction of sp³-hybridized carbons (Fsp3) is 0.435. The van der Waals surface area contributed by atoms with Crippen molar-refractivity contribution in [1.29, 1.82) is 0 Å². The van der Waals surface area contributed by atoms with Crippen LogP contribution in [0.2, 0.25) is 0 Å². The number of para-hydroxylation sites is 1. The van der Waals surface area contributed by atoms with E-state index in [9.17, 15) is 18.0 Å². The van der Waals surface area contributed by atoms with E-state index in [0.29, 0.717) is 5.69 Å². The van der Waals surface area contributed by atoms with Gasteiger partial charge in [-0.2, -0.15) is 13.2 Å². The van der Waals surface area contributed by atoms with E-state index in [0.717, 1.165) is 38.1 Å². The Kier molecular flexibility index (Phi) is 6.90. The van der Waals surface area contributed by atoms with Crippen LogP contribution >= 0.6 is 0 Å². The van der Waals surface area contributed by atoms with Crippen molar-refractivity contribution in [1.82, 2.24) is 5.32 Å². The lowest BCUT2D eigenvalue weighted by atomic mass is 10.00. The zero-order valence-corrected chi connectivity index (χ0v) is 17.2. The summed E-state index contributed by atoms with van der Waals surface area (Å²) in [5.41, 5.74) is 0.978. The number of rotatable bonds is 6. The van der Waals surface area contributed by atoms with Gasteiger partial charge in [0.1, 0.15) is 6.04 Å². The summed E-state index contributed by atoms with van der Waals surface area (Å²) in [7, 11) is 0. The van der Waals surface area contributed by atoms with Gasteiger partial charge < -0.3 is 15.5 Å². The lowest BCUT2D eigenvalue weighted by Crippen LogP contribution is -2.50. The van der Waals surface area contributed by atoms with Crippen molar-refractivity contribution in [2.75, 3.05) is 23.3 Å². The van der Waals surface area contributed by atoms with Crippen LogP contribution in [-0.2, 0) is 11.0 Å². The molecule has 1 amide bonds. The van der Waals surface area contributed by atoms with Gasteiger partial charge >= 0.3 is 6.18 Å². The number of halogens is 3. The largest absolute Gasteiger partial charge is 0.416 e. The van der Waals surface area contributed by atoms with E-state index in [1.807, 2.05) is 32.0 Å². The van der Waals surface area contributed by atoms with Crippen LogP contribution in [0.5, 0.6) is 0 Å². The molecule has 1 atom stereocenters. The molecule has 2 N–H and O–H groups in total. The minimum Gasteiger partial charge on any atom is -0.373 e. The quantitative estimate of drug-likeness (QED) is 0.698. The third kappa shape index (κ3) is 5.68. The normalized spacial score (nSPS) is 16.4. The number of amides is 1. The molecular formula is C23H28F3N3O. The van der Waals surface area contributed by atoms with Crippen LogP contribution in [0.1, 0.15) is 32.3 Å². The van der Waals surface area contributed by atoms with E-state index >= 15 is 0 Å². The minimum atomic E-state index is -4.37. The lowest BCUT2D eigenvalue weighted by Gasteiger charge is -2.35. The highest BCUT2D eigenvalue weighted by molar-refractivity contribution is 5.85. The second-order valence-corrected chi connectivity index (χ2v) is 8.05. The Morgan fingerprint density at radius 1 is 1.00 bits per heavy atom. The molecule has 162 valence electrons. The van der Waals surface area contributed by atoms with Gasteiger partial charge in [-0.05, 0) is 55.2 Å². The maximum atomic E-state index is 12.9. The number of hydrogen-bond acceptors (Lipinski definition) is 3. The number of benzene rings is 2. The third-order valence-electron chi connectivity index (χ3n) is 5.45. The van der Waals surface area contributed by atoms with Crippen molar-refractivity contribution < 1.29 is 18.0 Å². The summed E-state index contributed by atoms with van der Waals surface area (Å²) in [6.07, 6.45) is -2.67. The van der Waals surface area contributed by atoms with Gasteiger partial charge in [-0.15, -0.1) is 0 Å². The Bertz CT molecular complexity index is 814. The first kappa shape index (κ1) is 22.0. The number of anilines is 2. The summed E-state index contributed by atoms with van der Waals surface area (Å²) in [6.45, 7) is 5.57. The molecule has 0 aromatic heterocycles. The number of nitrogens with one attached hydrogen (secondary N) is 2. The first-order valence-corrected chi connectivity index (χ1v) is 10.3. The molecule has 1 aliphatic rings. The maximum Gasteiger partial charge on any atom is 0.416 e. The molecule has 0 saturated carbocycles. The fourth-order valence-corrected chi connectivity index (χ4v) is 3.68. The highest BCUT2D eigenvalue weighted by atomic mass is 19.4. The Labute approximate surface area is 175 Å². The Morgan fingerprint density at radius 2 is 1.60 bits per heavy atom. The summed E-state index contributed by atoms with van der Waals surface area (Å²) in [5.74, 6) is -0.139. The van der Waals surface area contributed by atoms with Gasteiger partial charge in [-0.1, -0.05) is 32.0 Å². The summed E-state index contributed by atoms with van der Waals surface area (Å²) < 4.78 is 38.2. The zero-order chi connectivity index (χ0) is 21.7. The second-order valence-electron chi connectivity index (χ2n) is 8.05. The molecule has 2 aromatic rings. The molecule has 4 nitrogen and oxygen atoms in total. The van der Waals surface area contributed by atoms with E-state index in [1.54, 1.807) is 0 Å². The van der Waals surface area contributed by atoms with Crippen LogP contribution in [0.3, 0.4) is 0 Å². The SMILES string of the molecule is CC(C)[C@@H](Nc1ccc(C(F)(F)F)cc1)C(=O)NC1CCN(c2ccccc2)CC1. The standard InChI is InChI=1S/C23H28F3N3O/c1-16(2)21(27-18-10-8-17(9-11-18)23(24,25)26)22(30)28-19-12-14-29(15-13-19)20-6-4-3-5-7-20/h3-11,16,19,21,27H,12-15H2,1-2H3,(H,28,30)/t21-/m1/s1. The molecule has 0 unspecified atom stereocenters. The number of carbonyl (C=O) groups excluding carboxylic acids is 1. The summed E-state index contributed by atoms with van der Waals surface area (Å²) in [5, 5.41) is 6.21. The van der Waals surface area contributed by atoms with Gasteiger partial charge in [0, 0.05) is 30.5 Å². The number of carbonyl (C=O) groups is 1. The molecule has 0 bridgehead atoms. The van der Waals surface area contributed by atoms with Crippen LogP contribution in [0, 0.1) is 5.92 Å². The smallest absolute Gasteiger partial charge is 0.373 e. The van der Waals surface area contributed by atoms with Crippen LogP contribution in [0.4, 0.5) is 24.5 Å². The first-order valence-electron chi connectivity index (χ1n) is 10.3. The van der Waals surface area contributed by atoms with Gasteiger partial charge in [-0.3, -0.25) is 4.79 Å². The number of nitrogens with zero attached hydrogens (tertiary/aromatic N) is 1. The van der Waals surface area contributed by atoms with Crippen LogP contribution in [0.25, 0.3) is 0 Å². The molecule has 2 aromatic carbocycles. The van der Waals surface area contributed by atoms with Crippen molar-refractivity contribution in [2.24, 2.45) is 5.92 Å². The Morgan fingerprint density at radius 3 is 2.13 bits per heavy atom. The van der Waals surface area contributed by atoms with Crippen molar-refractivity contribution in [3.8, 4) is 0 Å². The predicted octanol–water partition coefficient (Wildman–Crippen LogP) is 4.93. The van der Waals surface area contributed by atoms with E-state index in [1.165, 1.54) is 17.8 Å².